The largest absolute Gasteiger partial charge is 0.508 e. The minimum absolute atomic E-state index is 0.00580. The van der Waals surface area contributed by atoms with Gasteiger partial charge in [-0.2, -0.15) is 0 Å². The SMILES string of the molecule is O=C(NCCCCc1ccccc1)c1cc2ccc(O)cc2oc1=O. The summed E-state index contributed by atoms with van der Waals surface area (Å²) in [5.41, 5.74) is 0.790. The van der Waals surface area contributed by atoms with Crippen LogP contribution in [0, 0.1) is 0 Å². The van der Waals surface area contributed by atoms with Crippen LogP contribution in [0.25, 0.3) is 11.0 Å². The van der Waals surface area contributed by atoms with Gasteiger partial charge >= 0.3 is 5.63 Å². The highest BCUT2D eigenvalue weighted by molar-refractivity contribution is 5.96. The van der Waals surface area contributed by atoms with Gasteiger partial charge in [0.2, 0.25) is 0 Å². The Kier molecular flexibility index (Phi) is 5.14. The molecule has 1 heterocycles. The molecule has 128 valence electrons. The van der Waals surface area contributed by atoms with Crippen LogP contribution in [0.3, 0.4) is 0 Å². The second-order valence-electron chi connectivity index (χ2n) is 5.87. The molecule has 1 amide bonds. The zero-order valence-corrected chi connectivity index (χ0v) is 13.7. The van der Waals surface area contributed by atoms with Crippen LogP contribution in [-0.4, -0.2) is 17.6 Å². The molecule has 25 heavy (non-hydrogen) atoms. The van der Waals surface area contributed by atoms with Crippen molar-refractivity contribution < 1.29 is 14.3 Å². The molecular formula is C20H19NO4. The predicted molar refractivity (Wildman–Crippen MR) is 95.9 cm³/mol. The maximum Gasteiger partial charge on any atom is 0.349 e. The van der Waals surface area contributed by atoms with E-state index in [1.54, 1.807) is 6.07 Å². The Bertz CT molecular complexity index is 931. The first-order chi connectivity index (χ1) is 12.1. The first-order valence-electron chi connectivity index (χ1n) is 8.22. The molecule has 0 fully saturated rings. The van der Waals surface area contributed by atoms with Crippen LogP contribution in [-0.2, 0) is 6.42 Å². The van der Waals surface area contributed by atoms with Gasteiger partial charge < -0.3 is 14.8 Å². The van der Waals surface area contributed by atoms with Crippen LogP contribution in [0.15, 0.2) is 63.8 Å². The lowest BCUT2D eigenvalue weighted by atomic mass is 10.1. The second-order valence-corrected chi connectivity index (χ2v) is 5.87. The topological polar surface area (TPSA) is 79.5 Å². The lowest BCUT2D eigenvalue weighted by Gasteiger charge is -2.06. The number of hydrogen-bond acceptors (Lipinski definition) is 4. The number of amides is 1. The summed E-state index contributed by atoms with van der Waals surface area (Å²) in [6.45, 7) is 0.499. The monoisotopic (exact) mass is 337 g/mol. The van der Waals surface area contributed by atoms with Gasteiger partial charge in [0.1, 0.15) is 16.9 Å². The number of rotatable bonds is 6. The number of fused-ring (bicyclic) bond motifs is 1. The average molecular weight is 337 g/mol. The number of phenolic OH excluding ortho intramolecular Hbond substituents is 1. The molecule has 0 aliphatic rings. The van der Waals surface area contributed by atoms with Gasteiger partial charge in [0.05, 0.1) is 0 Å². The summed E-state index contributed by atoms with van der Waals surface area (Å²) in [4.78, 5) is 24.1. The van der Waals surface area contributed by atoms with Gasteiger partial charge in [0.25, 0.3) is 5.91 Å². The van der Waals surface area contributed by atoms with Gasteiger partial charge in [-0.15, -0.1) is 0 Å². The standard InChI is InChI=1S/C20H19NO4/c22-16-10-9-15-12-17(20(24)25-18(15)13-16)19(23)21-11-5-4-8-14-6-2-1-3-7-14/h1-3,6-7,9-10,12-13,22H,4-5,8,11H2,(H,21,23). The van der Waals surface area contributed by atoms with Crippen molar-refractivity contribution in [2.75, 3.05) is 6.54 Å². The molecule has 0 atom stereocenters. The molecule has 5 heteroatoms. The van der Waals surface area contributed by atoms with Crippen molar-refractivity contribution in [2.45, 2.75) is 19.3 Å². The van der Waals surface area contributed by atoms with E-state index in [0.29, 0.717) is 11.9 Å². The van der Waals surface area contributed by atoms with Crippen molar-refractivity contribution in [2.24, 2.45) is 0 Å². The fourth-order valence-corrected chi connectivity index (χ4v) is 2.65. The number of carbonyl (C=O) groups is 1. The summed E-state index contributed by atoms with van der Waals surface area (Å²) in [6, 6.07) is 16.1. The maximum absolute atomic E-state index is 12.2. The Morgan fingerprint density at radius 1 is 1.04 bits per heavy atom. The molecule has 0 aliphatic carbocycles. The van der Waals surface area contributed by atoms with Gasteiger partial charge in [-0.3, -0.25) is 4.79 Å². The Labute approximate surface area is 144 Å². The molecule has 5 nitrogen and oxygen atoms in total. The van der Waals surface area contributed by atoms with E-state index in [9.17, 15) is 14.7 Å². The molecule has 0 unspecified atom stereocenters. The van der Waals surface area contributed by atoms with E-state index < -0.39 is 11.5 Å². The van der Waals surface area contributed by atoms with E-state index in [2.05, 4.69) is 17.4 Å². The lowest BCUT2D eigenvalue weighted by Crippen LogP contribution is -2.29. The number of aromatic hydroxyl groups is 1. The zero-order valence-electron chi connectivity index (χ0n) is 13.7. The fraction of sp³-hybridized carbons (Fsp3) is 0.200. The Balaban J connectivity index is 1.56. The molecule has 0 saturated heterocycles. The number of benzene rings is 2. The summed E-state index contributed by atoms with van der Waals surface area (Å²) in [7, 11) is 0. The van der Waals surface area contributed by atoms with E-state index in [4.69, 9.17) is 4.42 Å². The third kappa shape index (κ3) is 4.26. The van der Waals surface area contributed by atoms with E-state index in [1.807, 2.05) is 18.2 Å². The highest BCUT2D eigenvalue weighted by atomic mass is 16.4. The van der Waals surface area contributed by atoms with E-state index in [1.165, 1.54) is 23.8 Å². The van der Waals surface area contributed by atoms with E-state index in [-0.39, 0.29) is 16.9 Å². The molecule has 3 rings (SSSR count). The summed E-state index contributed by atoms with van der Waals surface area (Å²) < 4.78 is 5.10. The Morgan fingerprint density at radius 2 is 1.84 bits per heavy atom. The maximum atomic E-state index is 12.2. The quantitative estimate of drug-likeness (QED) is 0.534. The third-order valence-corrected chi connectivity index (χ3v) is 3.98. The molecule has 3 aromatic rings. The third-order valence-electron chi connectivity index (χ3n) is 3.98. The summed E-state index contributed by atoms with van der Waals surface area (Å²) in [6.07, 6.45) is 2.74. The number of unbranched alkanes of at least 4 members (excludes halogenated alkanes) is 1. The first-order valence-corrected chi connectivity index (χ1v) is 8.22. The minimum Gasteiger partial charge on any atom is -0.508 e. The Morgan fingerprint density at radius 3 is 2.64 bits per heavy atom. The minimum atomic E-state index is -0.708. The Hall–Kier alpha value is -3.08. The summed E-state index contributed by atoms with van der Waals surface area (Å²) in [5.74, 6) is -0.435. The average Bonchev–Trinajstić information content (AvgIpc) is 2.61. The van der Waals surface area contributed by atoms with Gasteiger partial charge in [0.15, 0.2) is 0 Å². The molecule has 0 spiro atoms. The van der Waals surface area contributed by atoms with Crippen molar-refractivity contribution in [3.63, 3.8) is 0 Å². The molecule has 0 saturated carbocycles. The number of phenols is 1. The van der Waals surface area contributed by atoms with Crippen LogP contribution >= 0.6 is 0 Å². The molecule has 0 aliphatic heterocycles. The smallest absolute Gasteiger partial charge is 0.349 e. The predicted octanol–water partition coefficient (Wildman–Crippen LogP) is 3.25. The fourth-order valence-electron chi connectivity index (χ4n) is 2.65. The molecule has 1 aromatic heterocycles. The van der Waals surface area contributed by atoms with E-state index in [0.717, 1.165) is 19.3 Å². The highest BCUT2D eigenvalue weighted by Gasteiger charge is 2.13. The normalized spacial score (nSPS) is 10.7. The molecular weight excluding hydrogens is 318 g/mol. The summed E-state index contributed by atoms with van der Waals surface area (Å²) in [5, 5.41) is 12.8. The van der Waals surface area contributed by atoms with Crippen LogP contribution < -0.4 is 10.9 Å². The number of hydrogen-bond donors (Lipinski definition) is 2. The van der Waals surface area contributed by atoms with Crippen molar-refractivity contribution >= 4 is 16.9 Å². The van der Waals surface area contributed by atoms with Gasteiger partial charge in [-0.1, -0.05) is 30.3 Å². The van der Waals surface area contributed by atoms with Crippen molar-refractivity contribution in [1.29, 1.82) is 0 Å². The van der Waals surface area contributed by atoms with Gasteiger partial charge in [-0.25, -0.2) is 4.79 Å². The van der Waals surface area contributed by atoms with E-state index >= 15 is 0 Å². The van der Waals surface area contributed by atoms with Crippen LogP contribution in [0.5, 0.6) is 5.75 Å². The second kappa shape index (κ2) is 7.66. The number of carbonyl (C=O) groups excluding carboxylic acids is 1. The first kappa shape index (κ1) is 16.8. The van der Waals surface area contributed by atoms with Crippen molar-refractivity contribution in [3.8, 4) is 5.75 Å². The van der Waals surface area contributed by atoms with Gasteiger partial charge in [-0.05, 0) is 43.0 Å². The van der Waals surface area contributed by atoms with Crippen LogP contribution in [0.1, 0.15) is 28.8 Å². The summed E-state index contributed by atoms with van der Waals surface area (Å²) >= 11 is 0. The molecule has 2 N–H and O–H groups in total. The van der Waals surface area contributed by atoms with Crippen LogP contribution in [0.4, 0.5) is 0 Å². The van der Waals surface area contributed by atoms with Crippen molar-refractivity contribution in [1.82, 2.24) is 5.32 Å². The van der Waals surface area contributed by atoms with Gasteiger partial charge in [0, 0.05) is 18.0 Å². The number of nitrogens with one attached hydrogen (secondary N) is 1. The molecule has 2 aromatic carbocycles. The number of aryl methyl sites for hydroxylation is 1. The zero-order chi connectivity index (χ0) is 17.6. The lowest BCUT2D eigenvalue weighted by molar-refractivity contribution is 0.0949. The van der Waals surface area contributed by atoms with Crippen molar-refractivity contribution in [3.05, 3.63) is 76.1 Å². The highest BCUT2D eigenvalue weighted by Crippen LogP contribution is 2.19. The van der Waals surface area contributed by atoms with Crippen LogP contribution in [0.2, 0.25) is 0 Å². The molecule has 0 radical (unpaired) electrons. The molecule has 0 bridgehead atoms.